The molecule has 1 aliphatic rings. The fraction of sp³-hybridized carbons (Fsp3) is 1.00. The van der Waals surface area contributed by atoms with Crippen LogP contribution in [-0.4, -0.2) is 24.9 Å². The van der Waals surface area contributed by atoms with Crippen molar-refractivity contribution >= 4 is 11.6 Å². The Morgan fingerprint density at radius 3 is 2.75 bits per heavy atom. The smallest absolute Gasteiger partial charge is 0.171 e. The third-order valence-corrected chi connectivity index (χ3v) is 1.28. The van der Waals surface area contributed by atoms with Crippen LogP contribution in [0.25, 0.3) is 0 Å². The molecule has 1 saturated heterocycles. The van der Waals surface area contributed by atoms with Gasteiger partial charge in [-0.25, -0.2) is 0 Å². The zero-order valence-corrected chi connectivity index (χ0v) is 5.52. The Morgan fingerprint density at radius 1 is 1.75 bits per heavy atom. The maximum absolute atomic E-state index is 5.42. The topological polar surface area (TPSA) is 18.5 Å². The fourth-order valence-electron chi connectivity index (χ4n) is 0.661. The highest BCUT2D eigenvalue weighted by Gasteiger charge is 2.20. The van der Waals surface area contributed by atoms with E-state index in [0.29, 0.717) is 12.5 Å². The molecule has 1 heterocycles. The molecule has 1 aliphatic heterocycles. The molecule has 48 valence electrons. The summed E-state index contributed by atoms with van der Waals surface area (Å²) in [4.78, 5) is 0. The van der Waals surface area contributed by atoms with Crippen LogP contribution >= 0.6 is 11.6 Å². The van der Waals surface area contributed by atoms with Crippen LogP contribution in [0.2, 0.25) is 0 Å². The zero-order chi connectivity index (χ0) is 5.98. The quantitative estimate of drug-likeness (QED) is 0.501. The molecule has 0 aromatic rings. The lowest BCUT2D eigenvalue weighted by Gasteiger charge is -2.02. The van der Waals surface area contributed by atoms with E-state index in [4.69, 9.17) is 21.1 Å². The van der Waals surface area contributed by atoms with E-state index in [2.05, 4.69) is 0 Å². The Balaban J connectivity index is 2.22. The lowest BCUT2D eigenvalue weighted by molar-refractivity contribution is -0.0361. The van der Waals surface area contributed by atoms with Gasteiger partial charge in [-0.2, -0.15) is 0 Å². The Hall–Kier alpha value is 0.210. The van der Waals surface area contributed by atoms with Crippen molar-refractivity contribution < 1.29 is 9.47 Å². The molecule has 0 aromatic heterocycles. The molecular weight excluding hydrogens is 128 g/mol. The molecule has 0 amide bonds. The van der Waals surface area contributed by atoms with Crippen molar-refractivity contribution in [2.45, 2.75) is 19.3 Å². The Kier molecular flexibility index (Phi) is 2.11. The second-order valence-electron chi connectivity index (χ2n) is 1.86. The first-order valence-electron chi connectivity index (χ1n) is 2.66. The van der Waals surface area contributed by atoms with Crippen LogP contribution in [-0.2, 0) is 9.47 Å². The third kappa shape index (κ3) is 1.34. The van der Waals surface area contributed by atoms with Gasteiger partial charge in [0.15, 0.2) is 6.29 Å². The van der Waals surface area contributed by atoms with Crippen LogP contribution in [0.1, 0.15) is 6.92 Å². The van der Waals surface area contributed by atoms with Crippen LogP contribution in [0.15, 0.2) is 0 Å². The summed E-state index contributed by atoms with van der Waals surface area (Å²) in [5, 5.41) is 0. The zero-order valence-electron chi connectivity index (χ0n) is 4.76. The van der Waals surface area contributed by atoms with E-state index in [9.17, 15) is 0 Å². The average molecular weight is 137 g/mol. The normalized spacial score (nSPS) is 38.2. The molecule has 1 fully saturated rings. The van der Waals surface area contributed by atoms with Gasteiger partial charge in [0.2, 0.25) is 0 Å². The van der Waals surface area contributed by atoms with Crippen LogP contribution in [0, 0.1) is 0 Å². The predicted octanol–water partition coefficient (Wildman–Crippen LogP) is 0.987. The third-order valence-electron chi connectivity index (χ3n) is 1.03. The molecule has 2 atom stereocenters. The van der Waals surface area contributed by atoms with Crippen LogP contribution < -0.4 is 0 Å². The molecule has 0 aromatic carbocycles. The second kappa shape index (κ2) is 2.67. The standard InChI is InChI=1S/C5H9ClO2/c1-4-3-7-5(2-6)8-4/h4-5H,2-3H2,1H3. The number of rotatable bonds is 1. The lowest BCUT2D eigenvalue weighted by atomic mass is 10.5. The van der Waals surface area contributed by atoms with Crippen molar-refractivity contribution in [2.24, 2.45) is 0 Å². The summed E-state index contributed by atoms with van der Waals surface area (Å²) in [6, 6.07) is 0. The van der Waals surface area contributed by atoms with Crippen LogP contribution in [0.4, 0.5) is 0 Å². The molecular formula is C5H9ClO2. The summed E-state index contributed by atoms with van der Waals surface area (Å²) in [7, 11) is 0. The first kappa shape index (κ1) is 6.33. The highest BCUT2D eigenvalue weighted by atomic mass is 35.5. The Labute approximate surface area is 53.7 Å². The Bertz CT molecular complexity index is 76.8. The molecule has 2 nitrogen and oxygen atoms in total. The van der Waals surface area contributed by atoms with Crippen molar-refractivity contribution in [1.29, 1.82) is 0 Å². The number of halogens is 1. The van der Waals surface area contributed by atoms with E-state index in [1.54, 1.807) is 0 Å². The minimum Gasteiger partial charge on any atom is -0.349 e. The van der Waals surface area contributed by atoms with E-state index in [1.165, 1.54) is 0 Å². The van der Waals surface area contributed by atoms with E-state index in [-0.39, 0.29) is 12.4 Å². The summed E-state index contributed by atoms with van der Waals surface area (Å²) in [6.07, 6.45) is 0.0606. The lowest BCUT2D eigenvalue weighted by Crippen LogP contribution is -2.10. The minimum atomic E-state index is -0.160. The van der Waals surface area contributed by atoms with Gasteiger partial charge in [0.1, 0.15) is 0 Å². The molecule has 0 radical (unpaired) electrons. The average Bonchev–Trinajstić information content (AvgIpc) is 2.14. The SMILES string of the molecule is CC1COC(CCl)O1. The molecule has 8 heavy (non-hydrogen) atoms. The van der Waals surface area contributed by atoms with Gasteiger partial charge >= 0.3 is 0 Å². The van der Waals surface area contributed by atoms with E-state index >= 15 is 0 Å². The minimum absolute atomic E-state index is 0.160. The van der Waals surface area contributed by atoms with Crippen LogP contribution in [0.5, 0.6) is 0 Å². The number of alkyl halides is 1. The van der Waals surface area contributed by atoms with Crippen LogP contribution in [0.3, 0.4) is 0 Å². The number of hydrogen-bond acceptors (Lipinski definition) is 2. The molecule has 0 saturated carbocycles. The maximum atomic E-state index is 5.42. The molecule has 0 aliphatic carbocycles. The fourth-order valence-corrected chi connectivity index (χ4v) is 0.823. The highest BCUT2D eigenvalue weighted by Crippen LogP contribution is 2.10. The van der Waals surface area contributed by atoms with E-state index in [1.807, 2.05) is 6.92 Å². The highest BCUT2D eigenvalue weighted by molar-refractivity contribution is 6.18. The first-order valence-corrected chi connectivity index (χ1v) is 3.19. The molecule has 0 bridgehead atoms. The summed E-state index contributed by atoms with van der Waals surface area (Å²) in [6.45, 7) is 2.64. The summed E-state index contributed by atoms with van der Waals surface area (Å²) >= 11 is 5.42. The van der Waals surface area contributed by atoms with Gasteiger partial charge in [0.05, 0.1) is 18.6 Å². The summed E-state index contributed by atoms with van der Waals surface area (Å²) in [5.74, 6) is 0.435. The van der Waals surface area contributed by atoms with E-state index in [0.717, 1.165) is 0 Å². The number of hydrogen-bond donors (Lipinski definition) is 0. The van der Waals surface area contributed by atoms with Crippen molar-refractivity contribution in [3.05, 3.63) is 0 Å². The van der Waals surface area contributed by atoms with Gasteiger partial charge in [-0.15, -0.1) is 11.6 Å². The second-order valence-corrected chi connectivity index (χ2v) is 2.17. The van der Waals surface area contributed by atoms with Gasteiger partial charge in [-0.3, -0.25) is 0 Å². The van der Waals surface area contributed by atoms with Crippen molar-refractivity contribution in [3.8, 4) is 0 Å². The van der Waals surface area contributed by atoms with Gasteiger partial charge < -0.3 is 9.47 Å². The number of ether oxygens (including phenoxy) is 2. The van der Waals surface area contributed by atoms with Crippen molar-refractivity contribution in [1.82, 2.24) is 0 Å². The van der Waals surface area contributed by atoms with Gasteiger partial charge in [-0.05, 0) is 6.92 Å². The van der Waals surface area contributed by atoms with Gasteiger partial charge in [-0.1, -0.05) is 0 Å². The summed E-state index contributed by atoms with van der Waals surface area (Å²) < 4.78 is 10.2. The maximum Gasteiger partial charge on any atom is 0.171 e. The molecule has 0 spiro atoms. The first-order chi connectivity index (χ1) is 3.83. The molecule has 2 unspecified atom stereocenters. The largest absolute Gasteiger partial charge is 0.349 e. The molecule has 3 heteroatoms. The monoisotopic (exact) mass is 136 g/mol. The summed E-state index contributed by atoms with van der Waals surface area (Å²) in [5.41, 5.74) is 0. The van der Waals surface area contributed by atoms with E-state index < -0.39 is 0 Å². The van der Waals surface area contributed by atoms with Crippen molar-refractivity contribution in [3.63, 3.8) is 0 Å². The molecule has 1 rings (SSSR count). The predicted molar refractivity (Wildman–Crippen MR) is 31.0 cm³/mol. The Morgan fingerprint density at radius 2 is 2.50 bits per heavy atom. The van der Waals surface area contributed by atoms with Gasteiger partial charge in [0.25, 0.3) is 0 Å². The van der Waals surface area contributed by atoms with Gasteiger partial charge in [0, 0.05) is 0 Å². The van der Waals surface area contributed by atoms with Crippen molar-refractivity contribution in [2.75, 3.05) is 12.5 Å². The molecule has 0 N–H and O–H groups in total.